The van der Waals surface area contributed by atoms with Crippen molar-refractivity contribution in [3.05, 3.63) is 42.2 Å². The molecule has 32 heavy (non-hydrogen) atoms. The highest BCUT2D eigenvalue weighted by Gasteiger charge is 2.30. The molecular weight excluding hydrogens is 400 g/mol. The minimum absolute atomic E-state index is 0.292. The van der Waals surface area contributed by atoms with Crippen LogP contribution < -0.4 is 5.32 Å². The van der Waals surface area contributed by atoms with Crippen LogP contribution in [0.1, 0.15) is 70.7 Å². The highest BCUT2D eigenvalue weighted by Crippen LogP contribution is 2.31. The van der Waals surface area contributed by atoms with Gasteiger partial charge in [0, 0.05) is 18.4 Å². The van der Waals surface area contributed by atoms with Crippen molar-refractivity contribution in [3.8, 4) is 11.8 Å². The molecule has 1 fully saturated rings. The molecule has 0 spiro atoms. The number of nitrogens with zero attached hydrogens (tertiary/aromatic N) is 5. The second-order valence-electron chi connectivity index (χ2n) is 8.94. The van der Waals surface area contributed by atoms with Gasteiger partial charge in [-0.05, 0) is 55.6 Å². The lowest BCUT2D eigenvalue weighted by molar-refractivity contribution is 0.0410. The van der Waals surface area contributed by atoms with Crippen molar-refractivity contribution in [2.75, 3.05) is 5.32 Å². The van der Waals surface area contributed by atoms with Crippen molar-refractivity contribution in [2.45, 2.75) is 77.5 Å². The molecule has 3 aromatic rings. The first-order valence-electron chi connectivity index (χ1n) is 11.6. The van der Waals surface area contributed by atoms with Gasteiger partial charge in [-0.1, -0.05) is 39.2 Å². The smallest absolute Gasteiger partial charge is 0.209 e. The molecule has 0 bridgehead atoms. The van der Waals surface area contributed by atoms with Gasteiger partial charge < -0.3 is 15.0 Å². The summed E-state index contributed by atoms with van der Waals surface area (Å²) in [6.07, 6.45) is 10.9. The molecule has 3 aromatic heterocycles. The second kappa shape index (κ2) is 9.66. The molecule has 7 nitrogen and oxygen atoms in total. The number of fused-ring (bicyclic) bond motifs is 1. The zero-order valence-corrected chi connectivity index (χ0v) is 19.2. The number of rotatable bonds is 6. The van der Waals surface area contributed by atoms with E-state index in [9.17, 15) is 5.11 Å². The number of hydrogen-bond donors (Lipinski definition) is 2. The highest BCUT2D eigenvalue weighted by atomic mass is 16.3. The SMILES string of the molecule is CCC(CC)Nc1nc(C#CC2(O)CCCC(C)C2)nc2c1ncn2Cc1cccnc1. The quantitative estimate of drug-likeness (QED) is 0.569. The summed E-state index contributed by atoms with van der Waals surface area (Å²) in [6, 6.07) is 4.25. The first-order valence-corrected chi connectivity index (χ1v) is 11.6. The third kappa shape index (κ3) is 5.08. The van der Waals surface area contributed by atoms with Crippen molar-refractivity contribution >= 4 is 17.0 Å². The fourth-order valence-electron chi connectivity index (χ4n) is 4.40. The van der Waals surface area contributed by atoms with Crippen molar-refractivity contribution in [2.24, 2.45) is 5.92 Å². The van der Waals surface area contributed by atoms with Gasteiger partial charge in [0.2, 0.25) is 5.82 Å². The van der Waals surface area contributed by atoms with Crippen molar-refractivity contribution in [1.29, 1.82) is 0 Å². The molecule has 2 unspecified atom stereocenters. The predicted octanol–water partition coefficient (Wildman–Crippen LogP) is 4.16. The van der Waals surface area contributed by atoms with Gasteiger partial charge in [-0.2, -0.15) is 0 Å². The minimum atomic E-state index is -0.963. The number of hydrogen-bond acceptors (Lipinski definition) is 6. The summed E-state index contributed by atoms with van der Waals surface area (Å²) in [5.41, 5.74) is 1.56. The summed E-state index contributed by atoms with van der Waals surface area (Å²) < 4.78 is 1.99. The monoisotopic (exact) mass is 432 g/mol. The minimum Gasteiger partial charge on any atom is -0.378 e. The summed E-state index contributed by atoms with van der Waals surface area (Å²) in [6.45, 7) is 7.09. The van der Waals surface area contributed by atoms with Crippen LogP contribution in [0.3, 0.4) is 0 Å². The normalized spacial score (nSPS) is 20.8. The number of pyridine rings is 1. The van der Waals surface area contributed by atoms with Crippen LogP contribution in [0.5, 0.6) is 0 Å². The maximum Gasteiger partial charge on any atom is 0.209 e. The average Bonchev–Trinajstić information content (AvgIpc) is 3.19. The summed E-state index contributed by atoms with van der Waals surface area (Å²) >= 11 is 0. The van der Waals surface area contributed by atoms with Crippen molar-refractivity contribution < 1.29 is 5.11 Å². The van der Waals surface area contributed by atoms with Gasteiger partial charge in [0.15, 0.2) is 17.0 Å². The average molecular weight is 433 g/mol. The van der Waals surface area contributed by atoms with Crippen LogP contribution in [-0.2, 0) is 6.54 Å². The van der Waals surface area contributed by atoms with Crippen LogP contribution in [0.2, 0.25) is 0 Å². The van der Waals surface area contributed by atoms with Crippen LogP contribution in [0.4, 0.5) is 5.82 Å². The Labute approximate surface area is 189 Å². The van der Waals surface area contributed by atoms with E-state index < -0.39 is 5.60 Å². The van der Waals surface area contributed by atoms with Crippen LogP contribution in [0.25, 0.3) is 11.2 Å². The molecule has 7 heteroatoms. The van der Waals surface area contributed by atoms with E-state index in [0.717, 1.165) is 42.4 Å². The lowest BCUT2D eigenvalue weighted by atomic mass is 9.79. The largest absolute Gasteiger partial charge is 0.378 e. The van der Waals surface area contributed by atoms with Crippen molar-refractivity contribution in [1.82, 2.24) is 24.5 Å². The molecular formula is C25H32N6O. The molecule has 0 aromatic carbocycles. The topological polar surface area (TPSA) is 88.8 Å². The van der Waals surface area contributed by atoms with Gasteiger partial charge >= 0.3 is 0 Å². The number of aliphatic hydroxyl groups is 1. The Hall–Kier alpha value is -2.98. The van der Waals surface area contributed by atoms with E-state index in [1.807, 2.05) is 22.9 Å². The van der Waals surface area contributed by atoms with Crippen LogP contribution in [-0.4, -0.2) is 41.3 Å². The van der Waals surface area contributed by atoms with Gasteiger partial charge in [0.1, 0.15) is 5.60 Å². The second-order valence-corrected chi connectivity index (χ2v) is 8.94. The standard InChI is InChI=1S/C25H32N6O/c1-4-20(5-2)28-23-22-24(31(17-27-22)16-19-9-7-13-26-15-19)30-21(29-23)10-12-25(32)11-6-8-18(3)14-25/h7,9,13,15,17-18,20,32H,4-6,8,11,14,16H2,1-3H3,(H,28,29,30). The van der Waals surface area contributed by atoms with E-state index in [4.69, 9.17) is 9.97 Å². The van der Waals surface area contributed by atoms with Crippen LogP contribution in [0.15, 0.2) is 30.9 Å². The lowest BCUT2D eigenvalue weighted by Crippen LogP contribution is -2.32. The Morgan fingerprint density at radius 1 is 1.31 bits per heavy atom. The van der Waals surface area contributed by atoms with Gasteiger partial charge in [0.05, 0.1) is 12.9 Å². The fraction of sp³-hybridized carbons (Fsp3) is 0.520. The maximum atomic E-state index is 10.9. The Bertz CT molecular complexity index is 1110. The summed E-state index contributed by atoms with van der Waals surface area (Å²) in [5, 5.41) is 14.5. The fourth-order valence-corrected chi connectivity index (χ4v) is 4.40. The van der Waals surface area contributed by atoms with Gasteiger partial charge in [0.25, 0.3) is 0 Å². The molecule has 4 rings (SSSR count). The van der Waals surface area contributed by atoms with E-state index in [0.29, 0.717) is 43.0 Å². The van der Waals surface area contributed by atoms with Crippen LogP contribution in [0, 0.1) is 17.8 Å². The Balaban J connectivity index is 1.73. The van der Waals surface area contributed by atoms with Gasteiger partial charge in [-0.25, -0.2) is 15.0 Å². The number of nitrogens with one attached hydrogen (secondary N) is 1. The van der Waals surface area contributed by atoms with Crippen molar-refractivity contribution in [3.63, 3.8) is 0 Å². The number of imidazole rings is 1. The molecule has 2 N–H and O–H groups in total. The maximum absolute atomic E-state index is 10.9. The predicted molar refractivity (Wildman–Crippen MR) is 126 cm³/mol. The first-order chi connectivity index (χ1) is 15.5. The molecule has 0 amide bonds. The summed E-state index contributed by atoms with van der Waals surface area (Å²) in [4.78, 5) is 18.2. The molecule has 3 heterocycles. The van der Waals surface area contributed by atoms with E-state index >= 15 is 0 Å². The number of aromatic nitrogens is 5. The third-order valence-electron chi connectivity index (χ3n) is 6.25. The van der Waals surface area contributed by atoms with E-state index in [2.05, 4.69) is 47.9 Å². The molecule has 1 aliphatic rings. The molecule has 0 radical (unpaired) electrons. The summed E-state index contributed by atoms with van der Waals surface area (Å²) in [7, 11) is 0. The zero-order valence-electron chi connectivity index (χ0n) is 19.2. The molecule has 0 saturated heterocycles. The van der Waals surface area contributed by atoms with E-state index in [-0.39, 0.29) is 0 Å². The molecule has 1 saturated carbocycles. The zero-order chi connectivity index (χ0) is 22.6. The lowest BCUT2D eigenvalue weighted by Gasteiger charge is -2.30. The molecule has 2 atom stereocenters. The third-order valence-corrected chi connectivity index (χ3v) is 6.25. The van der Waals surface area contributed by atoms with Crippen LogP contribution >= 0.6 is 0 Å². The Morgan fingerprint density at radius 3 is 2.88 bits per heavy atom. The van der Waals surface area contributed by atoms with E-state index in [1.54, 1.807) is 12.5 Å². The molecule has 168 valence electrons. The first kappa shape index (κ1) is 22.2. The molecule has 0 aliphatic heterocycles. The van der Waals surface area contributed by atoms with Gasteiger partial charge in [-0.15, -0.1) is 0 Å². The van der Waals surface area contributed by atoms with Gasteiger partial charge in [-0.3, -0.25) is 4.98 Å². The highest BCUT2D eigenvalue weighted by molar-refractivity contribution is 5.83. The van der Waals surface area contributed by atoms with E-state index in [1.165, 1.54) is 0 Å². The Morgan fingerprint density at radius 2 is 2.16 bits per heavy atom. The summed E-state index contributed by atoms with van der Waals surface area (Å²) in [5.74, 6) is 7.75. The number of anilines is 1. The Kier molecular flexibility index (Phi) is 6.71. The molecule has 1 aliphatic carbocycles.